The van der Waals surface area contributed by atoms with Gasteiger partial charge in [0, 0.05) is 56.2 Å². The highest BCUT2D eigenvalue weighted by Crippen LogP contribution is 2.29. The zero-order valence-corrected chi connectivity index (χ0v) is 20.0. The van der Waals surface area contributed by atoms with E-state index in [9.17, 15) is 9.59 Å². The highest BCUT2D eigenvalue weighted by atomic mass is 35.5. The summed E-state index contributed by atoms with van der Waals surface area (Å²) in [5, 5.41) is 3.78. The SMILES string of the molecule is CN(c1ccc(Cl)cc1C(=O)Nc1ccc(Cl)cn1)C1CCN(C(=O)N2CCOCC2)CC1. The molecule has 2 aromatic rings. The summed E-state index contributed by atoms with van der Waals surface area (Å²) >= 11 is 12.1. The van der Waals surface area contributed by atoms with Crippen molar-refractivity contribution >= 4 is 46.6 Å². The van der Waals surface area contributed by atoms with E-state index in [0.29, 0.717) is 60.8 Å². The fourth-order valence-corrected chi connectivity index (χ4v) is 4.51. The second kappa shape index (κ2) is 10.6. The topological polar surface area (TPSA) is 78.0 Å². The molecule has 1 N–H and O–H groups in total. The number of urea groups is 1. The van der Waals surface area contributed by atoms with Gasteiger partial charge in [0.1, 0.15) is 5.82 Å². The molecular weight excluding hydrogens is 465 g/mol. The van der Waals surface area contributed by atoms with Crippen LogP contribution in [0.15, 0.2) is 36.5 Å². The quantitative estimate of drug-likeness (QED) is 0.699. The fraction of sp³-hybridized carbons (Fsp3) is 0.435. The maximum absolute atomic E-state index is 13.0. The van der Waals surface area contributed by atoms with Crippen LogP contribution >= 0.6 is 23.2 Å². The molecule has 33 heavy (non-hydrogen) atoms. The maximum atomic E-state index is 13.0. The van der Waals surface area contributed by atoms with Crippen LogP contribution in [0.2, 0.25) is 10.0 Å². The third-order valence-electron chi connectivity index (χ3n) is 6.12. The second-order valence-electron chi connectivity index (χ2n) is 8.19. The van der Waals surface area contributed by atoms with Gasteiger partial charge in [-0.25, -0.2) is 9.78 Å². The number of carbonyl (C=O) groups excluding carboxylic acids is 2. The first-order valence-electron chi connectivity index (χ1n) is 11.0. The number of halogens is 2. The van der Waals surface area contributed by atoms with Crippen LogP contribution in [0.3, 0.4) is 0 Å². The number of carbonyl (C=O) groups is 2. The fourth-order valence-electron chi connectivity index (χ4n) is 4.23. The molecule has 4 rings (SSSR count). The lowest BCUT2D eigenvalue weighted by Gasteiger charge is -2.40. The van der Waals surface area contributed by atoms with Gasteiger partial charge in [-0.05, 0) is 43.2 Å². The molecule has 2 fully saturated rings. The molecule has 0 unspecified atom stereocenters. The summed E-state index contributed by atoms with van der Waals surface area (Å²) in [4.78, 5) is 35.8. The zero-order valence-electron chi connectivity index (χ0n) is 18.5. The average molecular weight is 492 g/mol. The van der Waals surface area contributed by atoms with E-state index in [2.05, 4.69) is 15.2 Å². The Balaban J connectivity index is 1.43. The predicted molar refractivity (Wildman–Crippen MR) is 129 cm³/mol. The lowest BCUT2D eigenvalue weighted by atomic mass is 10.0. The van der Waals surface area contributed by atoms with Crippen molar-refractivity contribution < 1.29 is 14.3 Å². The molecule has 2 aliphatic rings. The van der Waals surface area contributed by atoms with Crippen molar-refractivity contribution in [2.45, 2.75) is 18.9 Å². The molecule has 2 saturated heterocycles. The Kier molecular flexibility index (Phi) is 7.57. The highest BCUT2D eigenvalue weighted by molar-refractivity contribution is 6.31. The molecule has 0 bridgehead atoms. The summed E-state index contributed by atoms with van der Waals surface area (Å²) in [6, 6.07) is 8.90. The Morgan fingerprint density at radius 3 is 2.36 bits per heavy atom. The van der Waals surface area contributed by atoms with E-state index in [-0.39, 0.29) is 18.0 Å². The molecule has 0 aliphatic carbocycles. The van der Waals surface area contributed by atoms with Crippen LogP contribution in [0.5, 0.6) is 0 Å². The number of nitrogens with one attached hydrogen (secondary N) is 1. The first kappa shape index (κ1) is 23.6. The Hall–Kier alpha value is -2.55. The molecule has 176 valence electrons. The van der Waals surface area contributed by atoms with Crippen molar-refractivity contribution in [2.75, 3.05) is 56.7 Å². The van der Waals surface area contributed by atoms with E-state index in [1.54, 1.807) is 24.3 Å². The van der Waals surface area contributed by atoms with Crippen LogP contribution in [-0.2, 0) is 4.74 Å². The Bertz CT molecular complexity index is 990. The van der Waals surface area contributed by atoms with E-state index >= 15 is 0 Å². The lowest BCUT2D eigenvalue weighted by Crippen LogP contribution is -2.52. The smallest absolute Gasteiger partial charge is 0.320 e. The lowest BCUT2D eigenvalue weighted by molar-refractivity contribution is 0.0412. The van der Waals surface area contributed by atoms with Crippen molar-refractivity contribution in [1.82, 2.24) is 14.8 Å². The monoisotopic (exact) mass is 491 g/mol. The van der Waals surface area contributed by atoms with Crippen LogP contribution in [0.4, 0.5) is 16.3 Å². The van der Waals surface area contributed by atoms with E-state index in [1.165, 1.54) is 6.20 Å². The van der Waals surface area contributed by atoms with Crippen molar-refractivity contribution in [2.24, 2.45) is 0 Å². The number of piperidine rings is 1. The van der Waals surface area contributed by atoms with Crippen LogP contribution < -0.4 is 10.2 Å². The second-order valence-corrected chi connectivity index (χ2v) is 9.06. The van der Waals surface area contributed by atoms with Gasteiger partial charge < -0.3 is 24.8 Å². The maximum Gasteiger partial charge on any atom is 0.320 e. The van der Waals surface area contributed by atoms with Gasteiger partial charge in [0.05, 0.1) is 23.8 Å². The normalized spacial score (nSPS) is 17.1. The molecule has 1 aromatic carbocycles. The zero-order chi connectivity index (χ0) is 23.4. The van der Waals surface area contributed by atoms with Gasteiger partial charge in [0.25, 0.3) is 5.91 Å². The van der Waals surface area contributed by atoms with Crippen molar-refractivity contribution in [1.29, 1.82) is 0 Å². The molecule has 0 atom stereocenters. The van der Waals surface area contributed by atoms with E-state index in [0.717, 1.165) is 18.5 Å². The third kappa shape index (κ3) is 5.69. The minimum Gasteiger partial charge on any atom is -0.378 e. The third-order valence-corrected chi connectivity index (χ3v) is 6.58. The van der Waals surface area contributed by atoms with E-state index in [1.807, 2.05) is 22.9 Å². The number of morpholine rings is 1. The minimum absolute atomic E-state index is 0.0847. The van der Waals surface area contributed by atoms with Crippen molar-refractivity contribution in [3.05, 3.63) is 52.1 Å². The molecule has 0 radical (unpaired) electrons. The van der Waals surface area contributed by atoms with Gasteiger partial charge in [-0.15, -0.1) is 0 Å². The molecule has 10 heteroatoms. The first-order valence-corrected chi connectivity index (χ1v) is 11.7. The summed E-state index contributed by atoms with van der Waals surface area (Å²) < 4.78 is 5.35. The molecule has 3 heterocycles. The van der Waals surface area contributed by atoms with Gasteiger partial charge in [-0.1, -0.05) is 23.2 Å². The van der Waals surface area contributed by atoms with E-state index in [4.69, 9.17) is 27.9 Å². The largest absolute Gasteiger partial charge is 0.378 e. The van der Waals surface area contributed by atoms with Crippen LogP contribution in [0.1, 0.15) is 23.2 Å². The number of anilines is 2. The number of benzene rings is 1. The molecule has 8 nitrogen and oxygen atoms in total. The number of ether oxygens (including phenoxy) is 1. The van der Waals surface area contributed by atoms with Crippen LogP contribution in [0.25, 0.3) is 0 Å². The van der Waals surface area contributed by atoms with E-state index < -0.39 is 0 Å². The number of hydrogen-bond acceptors (Lipinski definition) is 5. The number of aromatic nitrogens is 1. The summed E-state index contributed by atoms with van der Waals surface area (Å²) in [5.41, 5.74) is 1.25. The van der Waals surface area contributed by atoms with Gasteiger partial charge >= 0.3 is 6.03 Å². The highest BCUT2D eigenvalue weighted by Gasteiger charge is 2.30. The number of hydrogen-bond donors (Lipinski definition) is 1. The molecule has 1 aromatic heterocycles. The van der Waals surface area contributed by atoms with Gasteiger partial charge in [0.2, 0.25) is 0 Å². The molecular formula is C23H27Cl2N5O3. The Labute approximate surface area is 203 Å². The Morgan fingerprint density at radius 2 is 1.70 bits per heavy atom. The number of likely N-dealkylation sites (tertiary alicyclic amines) is 1. The summed E-state index contributed by atoms with van der Waals surface area (Å²) in [5.74, 6) is 0.113. The first-order chi connectivity index (χ1) is 15.9. The number of pyridine rings is 1. The molecule has 0 spiro atoms. The molecule has 3 amide bonds. The Morgan fingerprint density at radius 1 is 1.03 bits per heavy atom. The van der Waals surface area contributed by atoms with Crippen molar-refractivity contribution in [3.63, 3.8) is 0 Å². The summed E-state index contributed by atoms with van der Waals surface area (Å²) in [6.07, 6.45) is 3.11. The van der Waals surface area contributed by atoms with Crippen LogP contribution in [-0.4, -0.2) is 79.2 Å². The summed E-state index contributed by atoms with van der Waals surface area (Å²) in [6.45, 7) is 3.83. The van der Waals surface area contributed by atoms with Gasteiger partial charge in [-0.3, -0.25) is 4.79 Å². The van der Waals surface area contributed by atoms with Crippen molar-refractivity contribution in [3.8, 4) is 0 Å². The van der Waals surface area contributed by atoms with Gasteiger partial charge in [-0.2, -0.15) is 0 Å². The summed E-state index contributed by atoms with van der Waals surface area (Å²) in [7, 11) is 1.98. The molecule has 2 aliphatic heterocycles. The molecule has 0 saturated carbocycles. The minimum atomic E-state index is -0.297. The predicted octanol–water partition coefficient (Wildman–Crippen LogP) is 3.99. The number of amides is 3. The standard InChI is InChI=1S/C23H27Cl2N5O3/c1-28(18-6-8-29(9-7-18)23(32)30-10-12-33-13-11-30)20-4-2-16(24)14-19(20)22(31)27-21-5-3-17(25)15-26-21/h2-5,14-15,18H,6-13H2,1H3,(H,26,27,31). The average Bonchev–Trinajstić information content (AvgIpc) is 2.85. The van der Waals surface area contributed by atoms with Gasteiger partial charge in [0.15, 0.2) is 0 Å². The number of nitrogens with zero attached hydrogens (tertiary/aromatic N) is 4. The van der Waals surface area contributed by atoms with Crippen LogP contribution in [0, 0.1) is 0 Å². The number of rotatable bonds is 4.